The number of aliphatic hydroxyl groups is 5. The molecule has 5 N–H and O–H groups in total. The zero-order valence-corrected chi connectivity index (χ0v) is 23.7. The van der Waals surface area contributed by atoms with Crippen LogP contribution in [0.3, 0.4) is 0 Å². The second kappa shape index (κ2) is 8.03. The highest BCUT2D eigenvalue weighted by Crippen LogP contribution is 2.75. The Morgan fingerprint density at radius 3 is 2.11 bits per heavy atom. The molecule has 0 spiro atoms. The van der Waals surface area contributed by atoms with E-state index >= 15 is 0 Å². The molecule has 0 bridgehead atoms. The van der Waals surface area contributed by atoms with Crippen molar-refractivity contribution in [2.24, 2.45) is 56.2 Å². The lowest BCUT2D eigenvalue weighted by atomic mass is 9.32. The summed E-state index contributed by atoms with van der Waals surface area (Å²) in [5.41, 5.74) is -0.380. The van der Waals surface area contributed by atoms with Gasteiger partial charge in [0.15, 0.2) is 0 Å². The zero-order chi connectivity index (χ0) is 26.7. The summed E-state index contributed by atoms with van der Waals surface area (Å²) in [5.74, 6) is 0.602. The van der Waals surface area contributed by atoms with E-state index in [0.717, 1.165) is 38.5 Å². The first-order valence-electron chi connectivity index (χ1n) is 14.6. The quantitative estimate of drug-likeness (QED) is 0.361. The summed E-state index contributed by atoms with van der Waals surface area (Å²) >= 11 is 0. The second-order valence-electron chi connectivity index (χ2n) is 15.5. The van der Waals surface area contributed by atoms with Crippen molar-refractivity contribution in [3.63, 3.8) is 0 Å². The Bertz CT molecular complexity index is 930. The van der Waals surface area contributed by atoms with Gasteiger partial charge in [-0.3, -0.25) is 0 Å². The lowest BCUT2D eigenvalue weighted by molar-refractivity contribution is -0.248. The molecule has 5 rings (SSSR count). The van der Waals surface area contributed by atoms with Crippen LogP contribution in [0, 0.1) is 56.2 Å². The maximum Gasteiger partial charge on any atom is 0.0679 e. The molecule has 36 heavy (non-hydrogen) atoms. The van der Waals surface area contributed by atoms with Gasteiger partial charge in [0.05, 0.1) is 36.9 Å². The van der Waals surface area contributed by atoms with E-state index in [-0.39, 0.29) is 52.6 Å². The molecule has 5 aliphatic carbocycles. The molecular formula is C31H52O5. The van der Waals surface area contributed by atoms with Crippen molar-refractivity contribution in [2.75, 3.05) is 13.2 Å². The van der Waals surface area contributed by atoms with Crippen molar-refractivity contribution < 1.29 is 25.5 Å². The van der Waals surface area contributed by atoms with Crippen molar-refractivity contribution in [1.82, 2.24) is 0 Å². The van der Waals surface area contributed by atoms with Gasteiger partial charge >= 0.3 is 0 Å². The molecule has 0 aliphatic heterocycles. The van der Waals surface area contributed by atoms with Crippen LogP contribution in [0.1, 0.15) is 93.4 Å². The van der Waals surface area contributed by atoms with E-state index in [9.17, 15) is 25.5 Å². The Labute approximate surface area is 218 Å². The number of aliphatic hydroxyl groups excluding tert-OH is 5. The molecule has 0 amide bonds. The van der Waals surface area contributed by atoms with Crippen LogP contribution in [0.25, 0.3) is 0 Å². The third-order valence-electron chi connectivity index (χ3n) is 14.1. The summed E-state index contributed by atoms with van der Waals surface area (Å²) in [5, 5.41) is 55.6. The number of hydrogen-bond acceptors (Lipinski definition) is 5. The normalized spacial score (nSPS) is 58.1. The molecule has 5 heteroatoms. The fraction of sp³-hybridized carbons (Fsp3) is 0.935. The fourth-order valence-electron chi connectivity index (χ4n) is 11.2. The first-order chi connectivity index (χ1) is 16.6. The van der Waals surface area contributed by atoms with Gasteiger partial charge in [0.25, 0.3) is 0 Å². The van der Waals surface area contributed by atoms with Crippen LogP contribution in [0.2, 0.25) is 0 Å². The maximum absolute atomic E-state index is 11.9. The number of allylic oxidation sites excluding steroid dienone is 2. The van der Waals surface area contributed by atoms with Crippen molar-refractivity contribution >= 4 is 0 Å². The average molecular weight is 505 g/mol. The fourth-order valence-corrected chi connectivity index (χ4v) is 11.2. The highest BCUT2D eigenvalue weighted by atomic mass is 16.3. The van der Waals surface area contributed by atoms with Gasteiger partial charge in [-0.25, -0.2) is 0 Å². The molecule has 206 valence electrons. The predicted molar refractivity (Wildman–Crippen MR) is 141 cm³/mol. The van der Waals surface area contributed by atoms with Crippen LogP contribution in [-0.4, -0.2) is 57.1 Å². The third-order valence-corrected chi connectivity index (χ3v) is 14.1. The van der Waals surface area contributed by atoms with E-state index in [4.69, 9.17) is 0 Å². The lowest BCUT2D eigenvalue weighted by Crippen LogP contribution is -2.70. The smallest absolute Gasteiger partial charge is 0.0679 e. The van der Waals surface area contributed by atoms with E-state index in [0.29, 0.717) is 12.3 Å². The summed E-state index contributed by atoms with van der Waals surface area (Å²) in [6.07, 6.45) is 6.50. The monoisotopic (exact) mass is 504 g/mol. The molecule has 5 aliphatic rings. The molecule has 0 aromatic rings. The van der Waals surface area contributed by atoms with Crippen molar-refractivity contribution in [2.45, 2.75) is 112 Å². The molecule has 4 saturated carbocycles. The van der Waals surface area contributed by atoms with Crippen LogP contribution in [0.5, 0.6) is 0 Å². The summed E-state index contributed by atoms with van der Waals surface area (Å²) in [4.78, 5) is 0. The van der Waals surface area contributed by atoms with Crippen LogP contribution in [0.15, 0.2) is 11.6 Å². The van der Waals surface area contributed by atoms with Crippen molar-refractivity contribution in [3.05, 3.63) is 11.6 Å². The minimum atomic E-state index is -0.908. The number of hydrogen-bond donors (Lipinski definition) is 5. The van der Waals surface area contributed by atoms with E-state index in [1.54, 1.807) is 0 Å². The lowest BCUT2D eigenvalue weighted by Gasteiger charge is -2.72. The summed E-state index contributed by atoms with van der Waals surface area (Å²) in [7, 11) is 0. The number of fused-ring (bicyclic) bond motifs is 7. The van der Waals surface area contributed by atoms with Gasteiger partial charge < -0.3 is 25.5 Å². The van der Waals surface area contributed by atoms with Gasteiger partial charge in [-0.2, -0.15) is 0 Å². The van der Waals surface area contributed by atoms with Gasteiger partial charge in [0.2, 0.25) is 0 Å². The standard InChI is InChI=1S/C31H52O5/c1-18-25(36)31(17-33)20(14-26(18,2)3)19-8-9-22-27(4)12-11-23(34)28(5,16-32)21(27)10-13-29(22,6)30(19,7)15-24(31)35/h8,18,20-25,32-36H,9-17H2,1-7H3/t18-,20?,21?,22?,23-,24+,25-,27-,28+,29+,30+,31-/m0/s1. The molecule has 0 heterocycles. The van der Waals surface area contributed by atoms with E-state index < -0.39 is 29.1 Å². The molecule has 12 atom stereocenters. The SMILES string of the molecule is C[C@H]1[C@H](O)[C@@]2(CO)C(CC1(C)C)C1=CCC3[C@@]4(C)CC[C@H](O)[C@](C)(CO)C4CC[C@@]3(C)[C@]1(C)C[C@H]2O. The second-order valence-corrected chi connectivity index (χ2v) is 15.5. The highest BCUT2D eigenvalue weighted by molar-refractivity contribution is 5.36. The van der Waals surface area contributed by atoms with Gasteiger partial charge in [-0.1, -0.05) is 60.1 Å². The predicted octanol–water partition coefficient (Wildman–Crippen LogP) is 4.30. The van der Waals surface area contributed by atoms with Crippen molar-refractivity contribution in [3.8, 4) is 0 Å². The molecule has 4 fully saturated rings. The van der Waals surface area contributed by atoms with Crippen molar-refractivity contribution in [1.29, 1.82) is 0 Å². The Balaban J connectivity index is 1.63. The van der Waals surface area contributed by atoms with E-state index in [1.165, 1.54) is 5.57 Å². The summed E-state index contributed by atoms with van der Waals surface area (Å²) < 4.78 is 0. The molecule has 0 saturated heterocycles. The third kappa shape index (κ3) is 2.96. The summed E-state index contributed by atoms with van der Waals surface area (Å²) in [6, 6.07) is 0. The Morgan fingerprint density at radius 2 is 1.50 bits per heavy atom. The largest absolute Gasteiger partial charge is 0.396 e. The Morgan fingerprint density at radius 1 is 0.833 bits per heavy atom. The minimum absolute atomic E-state index is 0.00504. The van der Waals surface area contributed by atoms with Gasteiger partial charge in [-0.15, -0.1) is 0 Å². The molecule has 5 nitrogen and oxygen atoms in total. The van der Waals surface area contributed by atoms with E-state index in [2.05, 4.69) is 54.5 Å². The van der Waals surface area contributed by atoms with Crippen LogP contribution >= 0.6 is 0 Å². The topological polar surface area (TPSA) is 101 Å². The first kappa shape index (κ1) is 27.1. The molecule has 0 aromatic carbocycles. The highest BCUT2D eigenvalue weighted by Gasteiger charge is 2.72. The zero-order valence-electron chi connectivity index (χ0n) is 23.7. The van der Waals surface area contributed by atoms with Crippen LogP contribution in [0.4, 0.5) is 0 Å². The Hall–Kier alpha value is -0.460. The van der Waals surface area contributed by atoms with Gasteiger partial charge in [0.1, 0.15) is 0 Å². The molecular weight excluding hydrogens is 452 g/mol. The molecule has 3 unspecified atom stereocenters. The van der Waals surface area contributed by atoms with Gasteiger partial charge in [-0.05, 0) is 90.3 Å². The number of rotatable bonds is 2. The summed E-state index contributed by atoms with van der Waals surface area (Å²) in [6.45, 7) is 15.6. The van der Waals surface area contributed by atoms with Crippen LogP contribution < -0.4 is 0 Å². The van der Waals surface area contributed by atoms with Gasteiger partial charge in [0, 0.05) is 5.41 Å². The Kier molecular flexibility index (Phi) is 6.05. The first-order valence-corrected chi connectivity index (χ1v) is 14.6. The average Bonchev–Trinajstić information content (AvgIpc) is 2.81. The minimum Gasteiger partial charge on any atom is -0.396 e. The van der Waals surface area contributed by atoms with Crippen LogP contribution in [-0.2, 0) is 0 Å². The van der Waals surface area contributed by atoms with E-state index in [1.807, 2.05) is 0 Å². The molecule has 0 radical (unpaired) electrons. The maximum atomic E-state index is 11.9. The molecule has 0 aromatic heterocycles.